The lowest BCUT2D eigenvalue weighted by molar-refractivity contribution is 0.660. The minimum absolute atomic E-state index is 0.0120. The SMILES string of the molecule is CC1(C)c2ccccc2-c2c(-c3cccc4c3-c3cccc5cccc(c35)S4)cccc21. The lowest BCUT2D eigenvalue weighted by Gasteiger charge is -2.24. The van der Waals surface area contributed by atoms with Gasteiger partial charge in [0.1, 0.15) is 0 Å². The fourth-order valence-corrected chi connectivity index (χ4v) is 7.00. The Morgan fingerprint density at radius 3 is 1.97 bits per heavy atom. The second kappa shape index (κ2) is 6.37. The van der Waals surface area contributed by atoms with Crippen LogP contribution in [0.4, 0.5) is 0 Å². The monoisotopic (exact) mass is 426 g/mol. The largest absolute Gasteiger partial charge is 0.0888 e. The van der Waals surface area contributed by atoms with Gasteiger partial charge in [-0.25, -0.2) is 0 Å². The van der Waals surface area contributed by atoms with Gasteiger partial charge in [-0.1, -0.05) is 111 Å². The van der Waals surface area contributed by atoms with Crippen LogP contribution in [-0.4, -0.2) is 0 Å². The van der Waals surface area contributed by atoms with E-state index in [1.54, 1.807) is 0 Å². The second-order valence-corrected chi connectivity index (χ2v) is 10.4. The summed E-state index contributed by atoms with van der Waals surface area (Å²) in [5.74, 6) is 0. The molecule has 0 aromatic heterocycles. The Bertz CT molecular complexity index is 1570. The third-order valence-electron chi connectivity index (χ3n) is 7.28. The van der Waals surface area contributed by atoms with Crippen LogP contribution in [-0.2, 0) is 5.41 Å². The maximum atomic E-state index is 2.36. The van der Waals surface area contributed by atoms with E-state index < -0.39 is 0 Å². The zero-order valence-corrected chi connectivity index (χ0v) is 19.0. The zero-order chi connectivity index (χ0) is 21.4. The first kappa shape index (κ1) is 18.3. The molecule has 1 aliphatic heterocycles. The molecule has 1 aliphatic carbocycles. The highest BCUT2D eigenvalue weighted by molar-refractivity contribution is 7.99. The van der Waals surface area contributed by atoms with E-state index in [2.05, 4.69) is 111 Å². The molecule has 0 spiro atoms. The molecule has 2 aliphatic rings. The molecule has 0 unspecified atom stereocenters. The minimum atomic E-state index is 0.0120. The molecule has 0 saturated heterocycles. The van der Waals surface area contributed by atoms with Crippen LogP contribution < -0.4 is 0 Å². The molecule has 0 nitrogen and oxygen atoms in total. The standard InChI is InChI=1S/C31H22S/c1-31(2)24-15-4-3-11-22(24)29-20(12-7-16-25(29)31)21-13-8-18-27-30(21)23-14-5-9-19-10-6-17-26(32-27)28(19)23/h3-18H,1-2H3. The predicted molar refractivity (Wildman–Crippen MR) is 137 cm³/mol. The Morgan fingerprint density at radius 2 is 1.09 bits per heavy atom. The van der Waals surface area contributed by atoms with Crippen LogP contribution >= 0.6 is 11.8 Å². The molecule has 32 heavy (non-hydrogen) atoms. The van der Waals surface area contributed by atoms with E-state index in [4.69, 9.17) is 0 Å². The second-order valence-electron chi connectivity index (χ2n) is 9.34. The Labute approximate surface area is 192 Å². The van der Waals surface area contributed by atoms with E-state index >= 15 is 0 Å². The Balaban J connectivity index is 1.58. The van der Waals surface area contributed by atoms with Crippen molar-refractivity contribution in [1.29, 1.82) is 0 Å². The van der Waals surface area contributed by atoms with Gasteiger partial charge in [-0.05, 0) is 56.5 Å². The van der Waals surface area contributed by atoms with E-state index in [-0.39, 0.29) is 5.41 Å². The van der Waals surface area contributed by atoms with Crippen molar-refractivity contribution in [3.05, 3.63) is 108 Å². The van der Waals surface area contributed by atoms with Gasteiger partial charge in [0.05, 0.1) is 0 Å². The molecule has 5 aromatic rings. The van der Waals surface area contributed by atoms with Gasteiger partial charge in [0.2, 0.25) is 0 Å². The number of benzene rings is 5. The summed E-state index contributed by atoms with van der Waals surface area (Å²) >= 11 is 1.90. The molecular weight excluding hydrogens is 404 g/mol. The lowest BCUT2D eigenvalue weighted by atomic mass is 9.81. The van der Waals surface area contributed by atoms with E-state index in [0.717, 1.165) is 0 Å². The van der Waals surface area contributed by atoms with Crippen molar-refractivity contribution in [2.75, 3.05) is 0 Å². The molecule has 0 radical (unpaired) electrons. The summed E-state index contributed by atoms with van der Waals surface area (Å²) in [7, 11) is 0. The van der Waals surface area contributed by atoms with Gasteiger partial charge in [-0.2, -0.15) is 0 Å². The molecule has 0 fully saturated rings. The van der Waals surface area contributed by atoms with E-state index in [1.165, 1.54) is 65.1 Å². The van der Waals surface area contributed by atoms with Gasteiger partial charge in [-0.15, -0.1) is 0 Å². The molecule has 0 saturated carbocycles. The zero-order valence-electron chi connectivity index (χ0n) is 18.1. The van der Waals surface area contributed by atoms with Gasteiger partial charge in [0.25, 0.3) is 0 Å². The van der Waals surface area contributed by atoms with Gasteiger partial charge >= 0.3 is 0 Å². The van der Waals surface area contributed by atoms with Crippen molar-refractivity contribution >= 4 is 22.5 Å². The van der Waals surface area contributed by atoms with Crippen molar-refractivity contribution in [3.8, 4) is 33.4 Å². The average Bonchev–Trinajstić information content (AvgIpc) is 3.06. The van der Waals surface area contributed by atoms with Gasteiger partial charge in [0, 0.05) is 26.2 Å². The van der Waals surface area contributed by atoms with Crippen LogP contribution in [0.2, 0.25) is 0 Å². The molecule has 0 amide bonds. The smallest absolute Gasteiger partial charge is 0.0207 e. The van der Waals surface area contributed by atoms with Crippen LogP contribution in [0.25, 0.3) is 44.2 Å². The molecule has 5 aromatic carbocycles. The Hall–Kier alpha value is -3.29. The molecule has 1 heterocycles. The highest BCUT2D eigenvalue weighted by Crippen LogP contribution is 2.55. The maximum Gasteiger partial charge on any atom is 0.0207 e. The summed E-state index contributed by atoms with van der Waals surface area (Å²) in [5, 5.41) is 2.70. The minimum Gasteiger partial charge on any atom is -0.0888 e. The molecule has 7 rings (SSSR count). The summed E-state index contributed by atoms with van der Waals surface area (Å²) in [6.45, 7) is 4.71. The number of hydrogen-bond donors (Lipinski definition) is 0. The van der Waals surface area contributed by atoms with E-state index in [9.17, 15) is 0 Å². The van der Waals surface area contributed by atoms with Crippen molar-refractivity contribution < 1.29 is 0 Å². The van der Waals surface area contributed by atoms with Crippen molar-refractivity contribution in [2.45, 2.75) is 29.1 Å². The molecule has 0 atom stereocenters. The highest BCUT2D eigenvalue weighted by Gasteiger charge is 2.37. The molecular formula is C31H22S. The molecule has 1 heteroatoms. The Kier molecular flexibility index (Phi) is 3.64. The average molecular weight is 427 g/mol. The first-order valence-corrected chi connectivity index (χ1v) is 12.0. The fourth-order valence-electron chi connectivity index (χ4n) is 5.82. The third-order valence-corrected chi connectivity index (χ3v) is 8.40. The third kappa shape index (κ3) is 2.29. The van der Waals surface area contributed by atoms with Gasteiger partial charge in [-0.3, -0.25) is 0 Å². The van der Waals surface area contributed by atoms with Crippen molar-refractivity contribution in [1.82, 2.24) is 0 Å². The normalized spacial score (nSPS) is 14.7. The van der Waals surface area contributed by atoms with Crippen molar-refractivity contribution in [3.63, 3.8) is 0 Å². The number of hydrogen-bond acceptors (Lipinski definition) is 1. The Morgan fingerprint density at radius 1 is 0.500 bits per heavy atom. The fraction of sp³-hybridized carbons (Fsp3) is 0.0968. The molecule has 0 N–H and O–H groups in total. The number of fused-ring (bicyclic) bond motifs is 5. The highest BCUT2D eigenvalue weighted by atomic mass is 32.2. The summed E-state index contributed by atoms with van der Waals surface area (Å²) in [5.41, 5.74) is 11.0. The van der Waals surface area contributed by atoms with Crippen LogP contribution in [0, 0.1) is 0 Å². The van der Waals surface area contributed by atoms with Crippen molar-refractivity contribution in [2.24, 2.45) is 0 Å². The summed E-state index contributed by atoms with van der Waals surface area (Å²) in [6.07, 6.45) is 0. The summed E-state index contributed by atoms with van der Waals surface area (Å²) in [4.78, 5) is 2.70. The molecule has 152 valence electrons. The lowest BCUT2D eigenvalue weighted by Crippen LogP contribution is -2.14. The van der Waals surface area contributed by atoms with Crippen LogP contribution in [0.15, 0.2) is 107 Å². The van der Waals surface area contributed by atoms with Crippen LogP contribution in [0.1, 0.15) is 25.0 Å². The van der Waals surface area contributed by atoms with Gasteiger partial charge in [0.15, 0.2) is 0 Å². The number of rotatable bonds is 1. The van der Waals surface area contributed by atoms with Crippen LogP contribution in [0.5, 0.6) is 0 Å². The first-order valence-electron chi connectivity index (χ1n) is 11.2. The van der Waals surface area contributed by atoms with Crippen LogP contribution in [0.3, 0.4) is 0 Å². The predicted octanol–water partition coefficient (Wildman–Crippen LogP) is 8.94. The quantitative estimate of drug-likeness (QED) is 0.253. The summed E-state index contributed by atoms with van der Waals surface area (Å²) < 4.78 is 0. The van der Waals surface area contributed by atoms with E-state index in [0.29, 0.717) is 0 Å². The molecule has 0 bridgehead atoms. The topological polar surface area (TPSA) is 0 Å². The van der Waals surface area contributed by atoms with E-state index in [1.807, 2.05) is 11.8 Å². The maximum absolute atomic E-state index is 2.36. The summed E-state index contributed by atoms with van der Waals surface area (Å²) in [6, 6.07) is 36.0. The first-order chi connectivity index (χ1) is 15.6. The van der Waals surface area contributed by atoms with Gasteiger partial charge < -0.3 is 0 Å².